The van der Waals surface area contributed by atoms with Gasteiger partial charge in [-0.1, -0.05) is 31.5 Å². The summed E-state index contributed by atoms with van der Waals surface area (Å²) in [6.45, 7) is 11.1. The van der Waals surface area contributed by atoms with Gasteiger partial charge in [-0.05, 0) is 30.7 Å². The van der Waals surface area contributed by atoms with E-state index in [0.717, 1.165) is 43.7 Å². The Hall–Kier alpha value is -0.770. The fourth-order valence-corrected chi connectivity index (χ4v) is 3.03. The molecule has 1 fully saturated rings. The highest BCUT2D eigenvalue weighted by Crippen LogP contribution is 2.26. The number of hydrogen-bond donors (Lipinski definition) is 1. The second kappa shape index (κ2) is 7.30. The first-order valence-electron chi connectivity index (χ1n) is 7.50. The Morgan fingerprint density at radius 3 is 2.50 bits per heavy atom. The van der Waals surface area contributed by atoms with Crippen molar-refractivity contribution in [2.75, 3.05) is 44.7 Å². The molecule has 0 saturated carbocycles. The molecule has 1 N–H and O–H groups in total. The van der Waals surface area contributed by atoms with Crippen LogP contribution in [-0.4, -0.2) is 44.7 Å². The summed E-state index contributed by atoms with van der Waals surface area (Å²) in [7, 11) is 1.99. The van der Waals surface area contributed by atoms with Gasteiger partial charge in [-0.25, -0.2) is 0 Å². The zero-order valence-corrected chi connectivity index (χ0v) is 13.6. The average Bonchev–Trinajstić information content (AvgIpc) is 2.41. The highest BCUT2D eigenvalue weighted by molar-refractivity contribution is 6.30. The first-order chi connectivity index (χ1) is 9.60. The summed E-state index contributed by atoms with van der Waals surface area (Å²) in [5, 5.41) is 4.06. The molecule has 4 heteroatoms. The molecular weight excluding hydrogens is 270 g/mol. The van der Waals surface area contributed by atoms with Gasteiger partial charge in [0.05, 0.1) is 0 Å². The Balaban J connectivity index is 2.04. The van der Waals surface area contributed by atoms with Crippen molar-refractivity contribution in [2.24, 2.45) is 5.92 Å². The average molecular weight is 296 g/mol. The van der Waals surface area contributed by atoms with Crippen molar-refractivity contribution in [3.8, 4) is 0 Å². The van der Waals surface area contributed by atoms with E-state index in [1.54, 1.807) is 0 Å². The molecule has 0 aliphatic carbocycles. The monoisotopic (exact) mass is 295 g/mol. The zero-order valence-electron chi connectivity index (χ0n) is 12.8. The Labute approximate surface area is 127 Å². The molecule has 1 heterocycles. The van der Waals surface area contributed by atoms with E-state index in [1.165, 1.54) is 17.8 Å². The van der Waals surface area contributed by atoms with Crippen LogP contribution in [0.2, 0.25) is 5.02 Å². The molecular formula is C16H26ClN3. The van der Waals surface area contributed by atoms with E-state index in [-0.39, 0.29) is 0 Å². The van der Waals surface area contributed by atoms with Crippen molar-refractivity contribution in [3.05, 3.63) is 28.8 Å². The van der Waals surface area contributed by atoms with Crippen molar-refractivity contribution in [3.63, 3.8) is 0 Å². The third-order valence-electron chi connectivity index (χ3n) is 3.75. The molecule has 112 valence electrons. The van der Waals surface area contributed by atoms with Gasteiger partial charge in [0.2, 0.25) is 0 Å². The highest BCUT2D eigenvalue weighted by atomic mass is 35.5. The van der Waals surface area contributed by atoms with Crippen LogP contribution in [0.5, 0.6) is 0 Å². The molecule has 0 spiro atoms. The van der Waals surface area contributed by atoms with Gasteiger partial charge in [-0.15, -0.1) is 0 Å². The summed E-state index contributed by atoms with van der Waals surface area (Å²) >= 11 is 6.18. The third-order valence-corrected chi connectivity index (χ3v) is 3.99. The summed E-state index contributed by atoms with van der Waals surface area (Å²) in [6.07, 6.45) is 0. The molecule has 0 unspecified atom stereocenters. The lowest BCUT2D eigenvalue weighted by Gasteiger charge is -2.37. The van der Waals surface area contributed by atoms with Crippen molar-refractivity contribution >= 4 is 17.3 Å². The maximum Gasteiger partial charge on any atom is 0.0427 e. The molecule has 20 heavy (non-hydrogen) atoms. The van der Waals surface area contributed by atoms with Crippen LogP contribution in [-0.2, 0) is 6.54 Å². The van der Waals surface area contributed by atoms with Crippen molar-refractivity contribution in [1.29, 1.82) is 0 Å². The van der Waals surface area contributed by atoms with Crippen LogP contribution in [0.4, 0.5) is 5.69 Å². The summed E-state index contributed by atoms with van der Waals surface area (Å²) < 4.78 is 0. The summed E-state index contributed by atoms with van der Waals surface area (Å²) in [5.74, 6) is 0.743. The largest absolute Gasteiger partial charge is 0.369 e. The molecule has 0 atom stereocenters. The highest BCUT2D eigenvalue weighted by Gasteiger charge is 2.19. The van der Waals surface area contributed by atoms with Gasteiger partial charge >= 0.3 is 0 Å². The Bertz CT molecular complexity index is 426. The SMILES string of the molecule is CNCc1ccc(Cl)cc1N1CCN(CC(C)C)CC1. The van der Waals surface area contributed by atoms with Crippen LogP contribution < -0.4 is 10.2 Å². The lowest BCUT2D eigenvalue weighted by atomic mass is 10.1. The standard InChI is InChI=1S/C16H26ClN3/c1-13(2)12-19-6-8-20(9-7-19)16-10-15(17)5-4-14(16)11-18-3/h4-5,10,13,18H,6-9,11-12H2,1-3H3. The second-order valence-corrected chi connectivity index (χ2v) is 6.42. The molecule has 1 aliphatic rings. The number of halogens is 1. The molecule has 2 rings (SSSR count). The molecule has 1 saturated heterocycles. The summed E-state index contributed by atoms with van der Waals surface area (Å²) in [6, 6.07) is 6.22. The quantitative estimate of drug-likeness (QED) is 0.901. The summed E-state index contributed by atoms with van der Waals surface area (Å²) in [4.78, 5) is 5.03. The summed E-state index contributed by atoms with van der Waals surface area (Å²) in [5.41, 5.74) is 2.62. The van der Waals surface area contributed by atoms with Crippen LogP contribution in [0, 0.1) is 5.92 Å². The van der Waals surface area contributed by atoms with E-state index < -0.39 is 0 Å². The Morgan fingerprint density at radius 2 is 1.90 bits per heavy atom. The van der Waals surface area contributed by atoms with Gasteiger partial charge in [0, 0.05) is 50.0 Å². The normalized spacial score (nSPS) is 16.9. The van der Waals surface area contributed by atoms with E-state index in [1.807, 2.05) is 13.1 Å². The first-order valence-corrected chi connectivity index (χ1v) is 7.88. The van der Waals surface area contributed by atoms with E-state index in [0.29, 0.717) is 0 Å². The van der Waals surface area contributed by atoms with Gasteiger partial charge in [0.25, 0.3) is 0 Å². The van der Waals surface area contributed by atoms with Gasteiger partial charge in [0.1, 0.15) is 0 Å². The van der Waals surface area contributed by atoms with E-state index >= 15 is 0 Å². The fourth-order valence-electron chi connectivity index (χ4n) is 2.86. The van der Waals surface area contributed by atoms with E-state index in [2.05, 4.69) is 41.1 Å². The third kappa shape index (κ3) is 4.11. The van der Waals surface area contributed by atoms with E-state index in [4.69, 9.17) is 11.6 Å². The molecule has 0 aromatic heterocycles. The number of nitrogens with one attached hydrogen (secondary N) is 1. The van der Waals surface area contributed by atoms with Crippen LogP contribution in [0.15, 0.2) is 18.2 Å². The second-order valence-electron chi connectivity index (χ2n) is 5.98. The Kier molecular flexibility index (Phi) is 5.70. The van der Waals surface area contributed by atoms with Gasteiger partial charge in [0.15, 0.2) is 0 Å². The van der Waals surface area contributed by atoms with E-state index in [9.17, 15) is 0 Å². The van der Waals surface area contributed by atoms with Crippen LogP contribution >= 0.6 is 11.6 Å². The number of nitrogens with zero attached hydrogens (tertiary/aromatic N) is 2. The number of benzene rings is 1. The maximum atomic E-state index is 6.18. The number of piperazine rings is 1. The first kappa shape index (κ1) is 15.6. The molecule has 0 amide bonds. The van der Waals surface area contributed by atoms with Gasteiger partial charge in [-0.2, -0.15) is 0 Å². The van der Waals surface area contributed by atoms with Crippen LogP contribution in [0.25, 0.3) is 0 Å². The smallest absolute Gasteiger partial charge is 0.0427 e. The maximum absolute atomic E-state index is 6.18. The van der Waals surface area contributed by atoms with Crippen molar-refractivity contribution < 1.29 is 0 Å². The molecule has 0 radical (unpaired) electrons. The number of hydrogen-bond acceptors (Lipinski definition) is 3. The molecule has 1 aromatic rings. The lowest BCUT2D eigenvalue weighted by Crippen LogP contribution is -2.47. The topological polar surface area (TPSA) is 18.5 Å². The molecule has 1 aromatic carbocycles. The zero-order chi connectivity index (χ0) is 14.5. The van der Waals surface area contributed by atoms with Crippen molar-refractivity contribution in [2.45, 2.75) is 20.4 Å². The van der Waals surface area contributed by atoms with Gasteiger partial charge in [-0.3, -0.25) is 4.90 Å². The minimum Gasteiger partial charge on any atom is -0.369 e. The fraction of sp³-hybridized carbons (Fsp3) is 0.625. The number of anilines is 1. The minimum absolute atomic E-state index is 0.743. The predicted octanol–water partition coefficient (Wildman–Crippen LogP) is 2.84. The minimum atomic E-state index is 0.743. The van der Waals surface area contributed by atoms with Crippen molar-refractivity contribution in [1.82, 2.24) is 10.2 Å². The molecule has 3 nitrogen and oxygen atoms in total. The molecule has 0 bridgehead atoms. The lowest BCUT2D eigenvalue weighted by molar-refractivity contribution is 0.231. The predicted molar refractivity (Wildman–Crippen MR) is 87.7 cm³/mol. The Morgan fingerprint density at radius 1 is 1.20 bits per heavy atom. The van der Waals surface area contributed by atoms with Gasteiger partial charge < -0.3 is 10.2 Å². The number of rotatable bonds is 5. The molecule has 1 aliphatic heterocycles. The van der Waals surface area contributed by atoms with Crippen LogP contribution in [0.1, 0.15) is 19.4 Å². The van der Waals surface area contributed by atoms with Crippen LogP contribution in [0.3, 0.4) is 0 Å².